The molecule has 0 aromatic heterocycles. The number of anilines is 1. The van der Waals surface area contributed by atoms with Gasteiger partial charge >= 0.3 is 0 Å². The van der Waals surface area contributed by atoms with Crippen molar-refractivity contribution in [3.8, 4) is 11.8 Å². The number of carbonyl (C=O) groups excluding carboxylic acids is 2. The van der Waals surface area contributed by atoms with Crippen LogP contribution in [-0.2, 0) is 9.59 Å². The van der Waals surface area contributed by atoms with E-state index in [2.05, 4.69) is 26.6 Å². The molecule has 0 radical (unpaired) electrons. The first-order chi connectivity index (χ1) is 11.6. The van der Waals surface area contributed by atoms with Crippen LogP contribution in [0.25, 0.3) is 0 Å². The van der Waals surface area contributed by atoms with Crippen molar-refractivity contribution < 1.29 is 14.3 Å². The number of nitrogens with one attached hydrogen (secondary N) is 2. The van der Waals surface area contributed by atoms with Gasteiger partial charge in [-0.3, -0.25) is 9.59 Å². The van der Waals surface area contributed by atoms with E-state index in [0.717, 1.165) is 4.47 Å². The summed E-state index contributed by atoms with van der Waals surface area (Å²) in [7, 11) is 0. The third-order valence-corrected chi connectivity index (χ3v) is 3.62. The van der Waals surface area contributed by atoms with Gasteiger partial charge in [0.25, 0.3) is 5.91 Å². The maximum Gasteiger partial charge on any atom is 0.258 e. The van der Waals surface area contributed by atoms with E-state index in [1.165, 1.54) is 6.07 Å². The molecular formula is C17H14BrN3O3. The van der Waals surface area contributed by atoms with E-state index in [1.54, 1.807) is 36.4 Å². The van der Waals surface area contributed by atoms with E-state index in [1.807, 2.05) is 12.1 Å². The zero-order valence-corrected chi connectivity index (χ0v) is 14.2. The fraction of sp³-hybridized carbons (Fsp3) is 0.118. The molecule has 2 aromatic rings. The highest BCUT2D eigenvalue weighted by Crippen LogP contribution is 2.20. The Balaban J connectivity index is 1.75. The number of nitriles is 1. The third kappa shape index (κ3) is 5.41. The highest BCUT2D eigenvalue weighted by atomic mass is 79.9. The molecule has 0 spiro atoms. The summed E-state index contributed by atoms with van der Waals surface area (Å²) in [5.41, 5.74) is 1.07. The van der Waals surface area contributed by atoms with Crippen LogP contribution in [0.2, 0.25) is 0 Å². The quantitative estimate of drug-likeness (QED) is 0.796. The van der Waals surface area contributed by atoms with Crippen LogP contribution in [0.3, 0.4) is 0 Å². The second kappa shape index (κ2) is 8.70. The van der Waals surface area contributed by atoms with Crippen LogP contribution in [0.1, 0.15) is 5.56 Å². The molecule has 0 aliphatic carbocycles. The van der Waals surface area contributed by atoms with Crippen molar-refractivity contribution >= 4 is 33.4 Å². The Hall–Kier alpha value is -2.85. The molecule has 0 saturated heterocycles. The number of amides is 2. The Morgan fingerprint density at radius 1 is 1.12 bits per heavy atom. The summed E-state index contributed by atoms with van der Waals surface area (Å²) in [5, 5.41) is 13.9. The number of hydrogen-bond acceptors (Lipinski definition) is 4. The van der Waals surface area contributed by atoms with E-state index >= 15 is 0 Å². The number of carbonyl (C=O) groups is 2. The summed E-state index contributed by atoms with van der Waals surface area (Å²) in [5.74, 6) is -0.358. The molecule has 0 heterocycles. The Kier molecular flexibility index (Phi) is 6.34. The topological polar surface area (TPSA) is 91.2 Å². The van der Waals surface area contributed by atoms with Crippen LogP contribution in [0, 0.1) is 11.3 Å². The molecule has 2 rings (SSSR count). The number of ether oxygens (including phenoxy) is 1. The van der Waals surface area contributed by atoms with Crippen molar-refractivity contribution in [2.75, 3.05) is 18.5 Å². The summed E-state index contributed by atoms with van der Waals surface area (Å²) in [6, 6.07) is 15.6. The summed E-state index contributed by atoms with van der Waals surface area (Å²) >= 11 is 3.32. The fourth-order valence-electron chi connectivity index (χ4n) is 1.79. The lowest BCUT2D eigenvalue weighted by Crippen LogP contribution is -2.35. The Morgan fingerprint density at radius 2 is 1.92 bits per heavy atom. The molecule has 0 bridgehead atoms. The lowest BCUT2D eigenvalue weighted by molar-refractivity contribution is -0.125. The molecule has 0 fully saturated rings. The molecule has 122 valence electrons. The van der Waals surface area contributed by atoms with Gasteiger partial charge in [-0.2, -0.15) is 5.26 Å². The maximum absolute atomic E-state index is 11.8. The van der Waals surface area contributed by atoms with Crippen LogP contribution in [0.4, 0.5) is 5.69 Å². The van der Waals surface area contributed by atoms with E-state index in [9.17, 15) is 9.59 Å². The van der Waals surface area contributed by atoms with Crippen LogP contribution in [0.5, 0.6) is 5.75 Å². The van der Waals surface area contributed by atoms with Crippen LogP contribution in [-0.4, -0.2) is 25.0 Å². The van der Waals surface area contributed by atoms with E-state index in [0.29, 0.717) is 17.0 Å². The highest BCUT2D eigenvalue weighted by molar-refractivity contribution is 9.10. The van der Waals surface area contributed by atoms with Gasteiger partial charge in [0, 0.05) is 4.47 Å². The smallest absolute Gasteiger partial charge is 0.258 e. The minimum absolute atomic E-state index is 0.165. The van der Waals surface area contributed by atoms with Crippen LogP contribution >= 0.6 is 15.9 Å². The first-order valence-electron chi connectivity index (χ1n) is 7.02. The first kappa shape index (κ1) is 17.5. The van der Waals surface area contributed by atoms with Gasteiger partial charge in [-0.05, 0) is 46.3 Å². The lowest BCUT2D eigenvalue weighted by atomic mass is 10.2. The maximum atomic E-state index is 11.8. The number of nitrogens with zero attached hydrogens (tertiary/aromatic N) is 1. The lowest BCUT2D eigenvalue weighted by Gasteiger charge is -2.09. The third-order valence-electron chi connectivity index (χ3n) is 2.93. The number of benzene rings is 2. The van der Waals surface area contributed by atoms with E-state index < -0.39 is 5.91 Å². The Morgan fingerprint density at radius 3 is 2.67 bits per heavy atom. The van der Waals surface area contributed by atoms with Crippen LogP contribution in [0.15, 0.2) is 53.0 Å². The highest BCUT2D eigenvalue weighted by Gasteiger charge is 2.08. The molecule has 2 amide bonds. The fourth-order valence-corrected chi connectivity index (χ4v) is 2.18. The molecule has 0 saturated carbocycles. The average Bonchev–Trinajstić information content (AvgIpc) is 2.60. The van der Waals surface area contributed by atoms with Crippen molar-refractivity contribution in [1.29, 1.82) is 5.26 Å². The SMILES string of the molecule is N#Cc1cccc(OCC(=O)NCC(=O)Nc2ccccc2Br)c1. The van der Waals surface area contributed by atoms with Gasteiger partial charge in [0.1, 0.15) is 5.75 Å². The van der Waals surface area contributed by atoms with Gasteiger partial charge < -0.3 is 15.4 Å². The van der Waals surface area contributed by atoms with Gasteiger partial charge in [-0.15, -0.1) is 0 Å². The molecular weight excluding hydrogens is 374 g/mol. The van der Waals surface area contributed by atoms with Gasteiger partial charge in [-0.1, -0.05) is 18.2 Å². The van der Waals surface area contributed by atoms with Gasteiger partial charge in [0.2, 0.25) is 5.91 Å². The number of rotatable bonds is 6. The van der Waals surface area contributed by atoms with Crippen molar-refractivity contribution in [3.05, 3.63) is 58.6 Å². The average molecular weight is 388 g/mol. The second-order valence-electron chi connectivity index (χ2n) is 4.73. The minimum Gasteiger partial charge on any atom is -0.484 e. The van der Waals surface area contributed by atoms with E-state index in [4.69, 9.17) is 10.00 Å². The van der Waals surface area contributed by atoms with Crippen molar-refractivity contribution in [3.63, 3.8) is 0 Å². The molecule has 0 aliphatic rings. The molecule has 2 N–H and O–H groups in total. The number of para-hydroxylation sites is 1. The molecule has 7 heteroatoms. The van der Waals surface area contributed by atoms with Crippen molar-refractivity contribution in [2.24, 2.45) is 0 Å². The summed E-state index contributed by atoms with van der Waals surface area (Å²) in [6.07, 6.45) is 0. The second-order valence-corrected chi connectivity index (χ2v) is 5.59. The molecule has 24 heavy (non-hydrogen) atoms. The van der Waals surface area contributed by atoms with Crippen molar-refractivity contribution in [1.82, 2.24) is 5.32 Å². The molecule has 0 atom stereocenters. The predicted octanol–water partition coefficient (Wildman–Crippen LogP) is 2.45. The normalized spacial score (nSPS) is 9.67. The zero-order chi connectivity index (χ0) is 17.4. The predicted molar refractivity (Wildman–Crippen MR) is 92.4 cm³/mol. The van der Waals surface area contributed by atoms with Gasteiger partial charge in [0.05, 0.1) is 23.9 Å². The Labute approximate surface area is 147 Å². The minimum atomic E-state index is -0.431. The zero-order valence-electron chi connectivity index (χ0n) is 12.6. The standard InChI is InChI=1S/C17H14BrN3O3/c18-14-6-1-2-7-15(14)21-16(22)10-20-17(23)11-24-13-5-3-4-12(8-13)9-19/h1-8H,10-11H2,(H,20,23)(H,21,22). The van der Waals surface area contributed by atoms with Gasteiger partial charge in [-0.25, -0.2) is 0 Å². The molecule has 0 unspecified atom stereocenters. The van der Waals surface area contributed by atoms with E-state index in [-0.39, 0.29) is 19.1 Å². The molecule has 0 aliphatic heterocycles. The molecule has 6 nitrogen and oxygen atoms in total. The largest absolute Gasteiger partial charge is 0.484 e. The van der Waals surface area contributed by atoms with Crippen LogP contribution < -0.4 is 15.4 Å². The number of halogens is 1. The number of hydrogen-bond donors (Lipinski definition) is 2. The Bertz CT molecular complexity index is 787. The monoisotopic (exact) mass is 387 g/mol. The van der Waals surface area contributed by atoms with Crippen molar-refractivity contribution in [2.45, 2.75) is 0 Å². The van der Waals surface area contributed by atoms with Gasteiger partial charge in [0.15, 0.2) is 6.61 Å². The first-order valence-corrected chi connectivity index (χ1v) is 7.82. The molecule has 2 aromatic carbocycles. The summed E-state index contributed by atoms with van der Waals surface area (Å²) in [6.45, 7) is -0.404. The summed E-state index contributed by atoms with van der Waals surface area (Å²) < 4.78 is 6.03. The summed E-state index contributed by atoms with van der Waals surface area (Å²) in [4.78, 5) is 23.5.